The molecule has 3 rings (SSSR count). The van der Waals surface area contributed by atoms with Gasteiger partial charge in [0.15, 0.2) is 11.6 Å². The third-order valence-electron chi connectivity index (χ3n) is 3.62. The number of anilines is 1. The fraction of sp³-hybridized carbons (Fsp3) is 0.615. The largest absolute Gasteiger partial charge is 0.487 e. The van der Waals surface area contributed by atoms with E-state index >= 15 is 0 Å². The molecule has 0 saturated carbocycles. The first-order chi connectivity index (χ1) is 8.16. The van der Waals surface area contributed by atoms with Gasteiger partial charge in [0, 0.05) is 18.3 Å². The van der Waals surface area contributed by atoms with Crippen LogP contribution in [-0.2, 0) is 0 Å². The van der Waals surface area contributed by atoms with E-state index in [1.807, 2.05) is 12.3 Å². The van der Waals surface area contributed by atoms with Gasteiger partial charge >= 0.3 is 0 Å². The number of nitrogens with zero attached hydrogens (tertiary/aromatic N) is 2. The fourth-order valence-electron chi connectivity index (χ4n) is 2.75. The summed E-state index contributed by atoms with van der Waals surface area (Å²) in [6, 6.07) is 2.31. The third kappa shape index (κ3) is 1.67. The van der Waals surface area contributed by atoms with E-state index in [1.165, 1.54) is 5.56 Å². The molecule has 1 fully saturated rings. The fourth-order valence-corrected chi connectivity index (χ4v) is 2.75. The van der Waals surface area contributed by atoms with Crippen molar-refractivity contribution in [2.24, 2.45) is 0 Å². The van der Waals surface area contributed by atoms with Gasteiger partial charge in [-0.05, 0) is 18.4 Å². The Balaban J connectivity index is 2.04. The normalized spacial score (nSPS) is 26.7. The first kappa shape index (κ1) is 10.8. The third-order valence-corrected chi connectivity index (χ3v) is 3.62. The first-order valence-corrected chi connectivity index (χ1v) is 6.23. The summed E-state index contributed by atoms with van der Waals surface area (Å²) >= 11 is 0. The van der Waals surface area contributed by atoms with Crippen LogP contribution in [0.3, 0.4) is 0 Å². The summed E-state index contributed by atoms with van der Waals surface area (Å²) in [6.45, 7) is 5.65. The van der Waals surface area contributed by atoms with Crippen LogP contribution in [0.15, 0.2) is 12.3 Å². The minimum atomic E-state index is -0.251. The van der Waals surface area contributed by atoms with Crippen LogP contribution < -0.4 is 9.64 Å². The molecule has 2 atom stereocenters. The van der Waals surface area contributed by atoms with Gasteiger partial charge in [-0.2, -0.15) is 0 Å². The van der Waals surface area contributed by atoms with E-state index in [-0.39, 0.29) is 12.1 Å². The van der Waals surface area contributed by atoms with E-state index in [0.717, 1.165) is 18.0 Å². The van der Waals surface area contributed by atoms with Crippen LogP contribution in [-0.4, -0.2) is 35.4 Å². The molecule has 0 spiro atoms. The van der Waals surface area contributed by atoms with Crippen LogP contribution in [0.2, 0.25) is 0 Å². The summed E-state index contributed by atoms with van der Waals surface area (Å²) in [6.07, 6.45) is 2.37. The Morgan fingerprint density at radius 2 is 2.35 bits per heavy atom. The van der Waals surface area contributed by atoms with E-state index in [0.29, 0.717) is 19.1 Å². The maximum Gasteiger partial charge on any atom is 0.172 e. The molecule has 1 aromatic heterocycles. The number of pyridine rings is 1. The van der Waals surface area contributed by atoms with Gasteiger partial charge in [0.2, 0.25) is 0 Å². The van der Waals surface area contributed by atoms with Gasteiger partial charge in [-0.3, -0.25) is 0 Å². The highest BCUT2D eigenvalue weighted by Gasteiger charge is 2.37. The summed E-state index contributed by atoms with van der Waals surface area (Å²) in [5, 5.41) is 9.74. The summed E-state index contributed by atoms with van der Waals surface area (Å²) in [4.78, 5) is 6.62. The molecule has 1 saturated heterocycles. The molecule has 92 valence electrons. The molecule has 1 aromatic rings. The molecule has 0 radical (unpaired) electrons. The van der Waals surface area contributed by atoms with Gasteiger partial charge in [0.1, 0.15) is 6.61 Å². The average molecular weight is 234 g/mol. The van der Waals surface area contributed by atoms with Gasteiger partial charge in [-0.25, -0.2) is 4.98 Å². The topological polar surface area (TPSA) is 45.6 Å². The first-order valence-electron chi connectivity index (χ1n) is 6.23. The smallest absolute Gasteiger partial charge is 0.172 e. The summed E-state index contributed by atoms with van der Waals surface area (Å²) in [5.74, 6) is 2.24. The summed E-state index contributed by atoms with van der Waals surface area (Å²) in [7, 11) is 0. The predicted molar refractivity (Wildman–Crippen MR) is 65.6 cm³/mol. The van der Waals surface area contributed by atoms with Crippen LogP contribution in [0, 0.1) is 0 Å². The van der Waals surface area contributed by atoms with Crippen LogP contribution in [0.4, 0.5) is 5.82 Å². The SMILES string of the molecule is CC(C)c1ccnc2c1OCC1CC(O)CN21. The lowest BCUT2D eigenvalue weighted by molar-refractivity contribution is 0.187. The van der Waals surface area contributed by atoms with E-state index in [9.17, 15) is 5.11 Å². The molecule has 2 aliphatic rings. The zero-order chi connectivity index (χ0) is 12.0. The number of aliphatic hydroxyl groups excluding tert-OH is 1. The molecule has 1 N–H and O–H groups in total. The highest BCUT2D eigenvalue weighted by Crippen LogP contribution is 2.40. The average Bonchev–Trinajstić information content (AvgIpc) is 2.68. The molecule has 3 heterocycles. The van der Waals surface area contributed by atoms with Crippen molar-refractivity contribution in [2.75, 3.05) is 18.1 Å². The van der Waals surface area contributed by atoms with Gasteiger partial charge in [0.25, 0.3) is 0 Å². The predicted octanol–water partition coefficient (Wildman–Crippen LogP) is 1.54. The summed E-state index contributed by atoms with van der Waals surface area (Å²) in [5.41, 5.74) is 1.20. The molecule has 4 nitrogen and oxygen atoms in total. The molecular formula is C13H18N2O2. The minimum absolute atomic E-state index is 0.251. The minimum Gasteiger partial charge on any atom is -0.487 e. The van der Waals surface area contributed by atoms with Gasteiger partial charge < -0.3 is 14.7 Å². The number of aromatic nitrogens is 1. The van der Waals surface area contributed by atoms with Crippen LogP contribution >= 0.6 is 0 Å². The van der Waals surface area contributed by atoms with Crippen molar-refractivity contribution in [3.63, 3.8) is 0 Å². The Bertz CT molecular complexity index is 433. The van der Waals surface area contributed by atoms with Crippen molar-refractivity contribution in [1.82, 2.24) is 4.98 Å². The Hall–Kier alpha value is -1.29. The zero-order valence-corrected chi connectivity index (χ0v) is 10.3. The van der Waals surface area contributed by atoms with Crippen molar-refractivity contribution in [2.45, 2.75) is 38.3 Å². The molecule has 17 heavy (non-hydrogen) atoms. The maximum absolute atomic E-state index is 9.74. The van der Waals surface area contributed by atoms with Gasteiger partial charge in [-0.1, -0.05) is 13.8 Å². The van der Waals surface area contributed by atoms with Crippen LogP contribution in [0.25, 0.3) is 0 Å². The molecular weight excluding hydrogens is 216 g/mol. The van der Waals surface area contributed by atoms with Crippen molar-refractivity contribution < 1.29 is 9.84 Å². The van der Waals surface area contributed by atoms with E-state index in [1.54, 1.807) is 0 Å². The second-order valence-electron chi connectivity index (χ2n) is 5.21. The number of hydrogen-bond donors (Lipinski definition) is 1. The Labute approximate surface area is 101 Å². The Morgan fingerprint density at radius 1 is 1.53 bits per heavy atom. The molecule has 4 heteroatoms. The number of fused-ring (bicyclic) bond motifs is 3. The zero-order valence-electron chi connectivity index (χ0n) is 10.3. The molecule has 0 aliphatic carbocycles. The van der Waals surface area contributed by atoms with E-state index in [2.05, 4.69) is 23.7 Å². The second kappa shape index (κ2) is 3.88. The van der Waals surface area contributed by atoms with Crippen LogP contribution in [0.1, 0.15) is 31.7 Å². The quantitative estimate of drug-likeness (QED) is 0.800. The second-order valence-corrected chi connectivity index (χ2v) is 5.21. The monoisotopic (exact) mass is 234 g/mol. The summed E-state index contributed by atoms with van der Waals surface area (Å²) < 4.78 is 5.86. The Kier molecular flexibility index (Phi) is 2.47. The highest BCUT2D eigenvalue weighted by atomic mass is 16.5. The number of aliphatic hydroxyl groups is 1. The van der Waals surface area contributed by atoms with Crippen molar-refractivity contribution in [1.29, 1.82) is 0 Å². The lowest BCUT2D eigenvalue weighted by Gasteiger charge is -2.33. The van der Waals surface area contributed by atoms with Gasteiger partial charge in [0.05, 0.1) is 12.1 Å². The lowest BCUT2D eigenvalue weighted by Crippen LogP contribution is -2.39. The van der Waals surface area contributed by atoms with Gasteiger partial charge in [-0.15, -0.1) is 0 Å². The lowest BCUT2D eigenvalue weighted by atomic mass is 10.0. The molecule has 0 bridgehead atoms. The maximum atomic E-state index is 9.74. The molecule has 2 aliphatic heterocycles. The van der Waals surface area contributed by atoms with E-state index in [4.69, 9.17) is 4.74 Å². The highest BCUT2D eigenvalue weighted by molar-refractivity contribution is 5.60. The van der Waals surface area contributed by atoms with Crippen LogP contribution in [0.5, 0.6) is 5.75 Å². The Morgan fingerprint density at radius 3 is 3.12 bits per heavy atom. The van der Waals surface area contributed by atoms with Crippen molar-refractivity contribution in [3.8, 4) is 5.75 Å². The molecule has 2 unspecified atom stereocenters. The van der Waals surface area contributed by atoms with E-state index < -0.39 is 0 Å². The number of hydrogen-bond acceptors (Lipinski definition) is 4. The number of rotatable bonds is 1. The van der Waals surface area contributed by atoms with Crippen molar-refractivity contribution in [3.05, 3.63) is 17.8 Å². The van der Waals surface area contributed by atoms with Crippen molar-refractivity contribution >= 4 is 5.82 Å². The molecule has 0 aromatic carbocycles. The number of ether oxygens (including phenoxy) is 1. The standard InChI is InChI=1S/C13H18N2O2/c1-8(2)11-3-4-14-13-12(11)17-7-9-5-10(16)6-15(9)13/h3-4,8-10,16H,5-7H2,1-2H3. The molecule has 0 amide bonds.